The second kappa shape index (κ2) is 28.3. The summed E-state index contributed by atoms with van der Waals surface area (Å²) < 4.78 is 12.4. The summed E-state index contributed by atoms with van der Waals surface area (Å²) >= 11 is 0. The summed E-state index contributed by atoms with van der Waals surface area (Å²) in [4.78, 5) is 5.23. The van der Waals surface area contributed by atoms with Crippen molar-refractivity contribution in [2.45, 2.75) is 144 Å². The summed E-state index contributed by atoms with van der Waals surface area (Å²) in [6.45, 7) is 19.0. The lowest BCUT2D eigenvalue weighted by atomic mass is 10.0. The standard InChI is InChI=1S/C42H72N2O2/c1-5-9-13-15-17-19-29-43(27-11-7-3)31-33-45-37-39-23-21-25-41(35-39)42-26-22-24-40(36-42)38-46-34-32-44(28-12-8-4)30-20-18-16-14-10-6-2/h21-26,35-36H,5-20,27-34,37-38H2,1-4H3. The third-order valence-corrected chi connectivity index (χ3v) is 9.14. The molecule has 0 aromatic heterocycles. The maximum absolute atomic E-state index is 6.19. The molecule has 2 aromatic carbocycles. The van der Waals surface area contributed by atoms with E-state index in [0.29, 0.717) is 13.2 Å². The molecule has 0 amide bonds. The summed E-state index contributed by atoms with van der Waals surface area (Å²) in [6, 6.07) is 17.7. The summed E-state index contributed by atoms with van der Waals surface area (Å²) in [5.41, 5.74) is 4.99. The predicted octanol–water partition coefficient (Wildman–Crippen LogP) is 11.3. The molecule has 0 heterocycles. The van der Waals surface area contributed by atoms with Gasteiger partial charge in [-0.3, -0.25) is 0 Å². The minimum absolute atomic E-state index is 0.669. The van der Waals surface area contributed by atoms with Gasteiger partial charge in [0.05, 0.1) is 26.4 Å². The largest absolute Gasteiger partial charge is 0.375 e. The molecule has 0 aliphatic rings. The Morgan fingerprint density at radius 3 is 1.20 bits per heavy atom. The van der Waals surface area contributed by atoms with Crippen LogP contribution < -0.4 is 0 Å². The highest BCUT2D eigenvalue weighted by atomic mass is 16.5. The highest BCUT2D eigenvalue weighted by Gasteiger charge is 2.07. The Labute approximate surface area is 285 Å². The normalized spacial score (nSPS) is 11.7. The Morgan fingerprint density at radius 1 is 0.413 bits per heavy atom. The van der Waals surface area contributed by atoms with Gasteiger partial charge in [0.15, 0.2) is 0 Å². The summed E-state index contributed by atoms with van der Waals surface area (Å²) in [5.74, 6) is 0. The smallest absolute Gasteiger partial charge is 0.0717 e. The Kier molecular flexibility index (Phi) is 24.9. The van der Waals surface area contributed by atoms with Gasteiger partial charge in [-0.25, -0.2) is 0 Å². The molecule has 4 nitrogen and oxygen atoms in total. The van der Waals surface area contributed by atoms with Crippen LogP contribution in [-0.2, 0) is 22.7 Å². The van der Waals surface area contributed by atoms with Crippen LogP contribution >= 0.6 is 0 Å². The van der Waals surface area contributed by atoms with E-state index in [4.69, 9.17) is 9.47 Å². The van der Waals surface area contributed by atoms with Gasteiger partial charge in [0.1, 0.15) is 0 Å². The first-order valence-electron chi connectivity index (χ1n) is 19.5. The fourth-order valence-electron chi connectivity index (χ4n) is 6.11. The van der Waals surface area contributed by atoms with Crippen LogP contribution in [0, 0.1) is 0 Å². The topological polar surface area (TPSA) is 24.9 Å². The Morgan fingerprint density at radius 2 is 0.783 bits per heavy atom. The van der Waals surface area contributed by atoms with Crippen molar-refractivity contribution in [1.29, 1.82) is 0 Å². The average molecular weight is 637 g/mol. The van der Waals surface area contributed by atoms with E-state index < -0.39 is 0 Å². The van der Waals surface area contributed by atoms with Gasteiger partial charge >= 0.3 is 0 Å². The Balaban J connectivity index is 1.76. The van der Waals surface area contributed by atoms with Crippen LogP contribution in [-0.4, -0.2) is 62.3 Å². The lowest BCUT2D eigenvalue weighted by Gasteiger charge is -2.22. The van der Waals surface area contributed by atoms with E-state index in [0.717, 1.165) is 26.3 Å². The highest BCUT2D eigenvalue weighted by molar-refractivity contribution is 5.64. The Bertz CT molecular complexity index is 887. The van der Waals surface area contributed by atoms with E-state index in [1.54, 1.807) is 0 Å². The van der Waals surface area contributed by atoms with Crippen LogP contribution in [0.15, 0.2) is 48.5 Å². The van der Waals surface area contributed by atoms with Crippen molar-refractivity contribution in [3.63, 3.8) is 0 Å². The monoisotopic (exact) mass is 637 g/mol. The van der Waals surface area contributed by atoms with Crippen molar-refractivity contribution >= 4 is 0 Å². The fourth-order valence-corrected chi connectivity index (χ4v) is 6.11. The molecule has 46 heavy (non-hydrogen) atoms. The summed E-state index contributed by atoms with van der Waals surface area (Å²) in [6.07, 6.45) is 21.4. The molecule has 0 N–H and O–H groups in total. The summed E-state index contributed by atoms with van der Waals surface area (Å²) in [7, 11) is 0. The Hall–Kier alpha value is -1.72. The predicted molar refractivity (Wildman–Crippen MR) is 201 cm³/mol. The second-order valence-electron chi connectivity index (χ2n) is 13.4. The molecule has 4 heteroatoms. The van der Waals surface area contributed by atoms with Crippen LogP contribution in [0.25, 0.3) is 11.1 Å². The van der Waals surface area contributed by atoms with Gasteiger partial charge in [-0.1, -0.05) is 141 Å². The van der Waals surface area contributed by atoms with Gasteiger partial charge in [-0.05, 0) is 86.2 Å². The molecule has 0 radical (unpaired) electrons. The highest BCUT2D eigenvalue weighted by Crippen LogP contribution is 2.22. The maximum atomic E-state index is 6.19. The van der Waals surface area contributed by atoms with E-state index in [1.165, 1.54) is 151 Å². The number of unbranched alkanes of at least 4 members (excludes halogenated alkanes) is 12. The zero-order valence-corrected chi connectivity index (χ0v) is 30.7. The van der Waals surface area contributed by atoms with Crippen molar-refractivity contribution in [3.8, 4) is 11.1 Å². The number of rotatable bonds is 31. The van der Waals surface area contributed by atoms with E-state index in [9.17, 15) is 0 Å². The third kappa shape index (κ3) is 19.8. The van der Waals surface area contributed by atoms with E-state index in [1.807, 2.05) is 0 Å². The molecular weight excluding hydrogens is 564 g/mol. The van der Waals surface area contributed by atoms with Crippen LogP contribution in [0.2, 0.25) is 0 Å². The van der Waals surface area contributed by atoms with Crippen molar-refractivity contribution in [1.82, 2.24) is 9.80 Å². The first-order chi connectivity index (χ1) is 22.7. The molecule has 2 aromatic rings. The zero-order valence-electron chi connectivity index (χ0n) is 30.7. The lowest BCUT2D eigenvalue weighted by Crippen LogP contribution is -2.29. The second-order valence-corrected chi connectivity index (χ2v) is 13.4. The fraction of sp³-hybridized carbons (Fsp3) is 0.714. The minimum Gasteiger partial charge on any atom is -0.375 e. The van der Waals surface area contributed by atoms with Gasteiger partial charge < -0.3 is 19.3 Å². The van der Waals surface area contributed by atoms with Crippen molar-refractivity contribution in [3.05, 3.63) is 59.7 Å². The van der Waals surface area contributed by atoms with Gasteiger partial charge in [0.2, 0.25) is 0 Å². The third-order valence-electron chi connectivity index (χ3n) is 9.14. The molecule has 0 bridgehead atoms. The van der Waals surface area contributed by atoms with Crippen LogP contribution in [0.5, 0.6) is 0 Å². The van der Waals surface area contributed by atoms with Crippen LogP contribution in [0.3, 0.4) is 0 Å². The zero-order chi connectivity index (χ0) is 32.9. The first kappa shape index (κ1) is 40.5. The van der Waals surface area contributed by atoms with E-state index in [-0.39, 0.29) is 0 Å². The first-order valence-corrected chi connectivity index (χ1v) is 19.5. The maximum Gasteiger partial charge on any atom is 0.0717 e. The molecule has 0 aliphatic heterocycles. The average Bonchev–Trinajstić information content (AvgIpc) is 3.08. The van der Waals surface area contributed by atoms with Crippen molar-refractivity contribution in [2.24, 2.45) is 0 Å². The molecule has 262 valence electrons. The quantitative estimate of drug-likeness (QED) is 0.0769. The molecule has 0 saturated carbocycles. The number of hydrogen-bond acceptors (Lipinski definition) is 4. The van der Waals surface area contributed by atoms with Crippen molar-refractivity contribution in [2.75, 3.05) is 52.5 Å². The van der Waals surface area contributed by atoms with Crippen LogP contribution in [0.4, 0.5) is 0 Å². The summed E-state index contributed by atoms with van der Waals surface area (Å²) in [5, 5.41) is 0. The molecular formula is C42H72N2O2. The number of benzene rings is 2. The van der Waals surface area contributed by atoms with E-state index >= 15 is 0 Å². The molecule has 2 rings (SSSR count). The SMILES string of the molecule is CCCCCCCCN(CCCC)CCOCc1cccc(-c2cccc(COCCN(CCCC)CCCCCCCC)c2)c1. The van der Waals surface area contributed by atoms with Gasteiger partial charge in [0.25, 0.3) is 0 Å². The van der Waals surface area contributed by atoms with E-state index in [2.05, 4.69) is 86.0 Å². The molecule has 0 spiro atoms. The van der Waals surface area contributed by atoms with Gasteiger partial charge in [0, 0.05) is 13.1 Å². The molecule has 0 fully saturated rings. The van der Waals surface area contributed by atoms with Crippen LogP contribution in [0.1, 0.15) is 142 Å². The number of nitrogens with zero attached hydrogens (tertiary/aromatic N) is 2. The minimum atomic E-state index is 0.669. The number of ether oxygens (including phenoxy) is 2. The molecule has 0 saturated heterocycles. The molecule has 0 aliphatic carbocycles. The lowest BCUT2D eigenvalue weighted by molar-refractivity contribution is 0.0912. The number of hydrogen-bond donors (Lipinski definition) is 0. The van der Waals surface area contributed by atoms with Gasteiger partial charge in [-0.15, -0.1) is 0 Å². The van der Waals surface area contributed by atoms with Crippen molar-refractivity contribution < 1.29 is 9.47 Å². The molecule has 0 unspecified atom stereocenters. The molecule has 0 atom stereocenters. The van der Waals surface area contributed by atoms with Gasteiger partial charge in [-0.2, -0.15) is 0 Å².